The van der Waals surface area contributed by atoms with Gasteiger partial charge in [0.1, 0.15) is 0 Å². The smallest absolute Gasteiger partial charge is 0.252 e. The van der Waals surface area contributed by atoms with Crippen molar-refractivity contribution < 1.29 is 25.0 Å². The van der Waals surface area contributed by atoms with E-state index in [0.29, 0.717) is 5.56 Å². The van der Waals surface area contributed by atoms with Crippen molar-refractivity contribution in [3.05, 3.63) is 34.9 Å². The predicted octanol–water partition coefficient (Wildman–Crippen LogP) is -0.544. The van der Waals surface area contributed by atoms with Crippen LogP contribution in [-0.4, -0.2) is 45.5 Å². The fraction of sp³-hybridized carbons (Fsp3) is 0.400. The highest BCUT2D eigenvalue weighted by Crippen LogP contribution is 2.30. The highest BCUT2D eigenvalue weighted by atomic mass is 16.5. The molecule has 0 aliphatic rings. The first-order valence-corrected chi connectivity index (χ1v) is 8.50. The average Bonchev–Trinajstić information content (AvgIpc) is 2.63. The van der Waals surface area contributed by atoms with Gasteiger partial charge in [0.15, 0.2) is 0 Å². The second-order valence-electron chi connectivity index (χ2n) is 6.95. The lowest BCUT2D eigenvalue weighted by Gasteiger charge is -2.30. The molecular formula is C20H25N3O5. The first-order chi connectivity index (χ1) is 13.0. The number of hydrogen-bond donors (Lipinski definition) is 6. The van der Waals surface area contributed by atoms with E-state index in [1.165, 1.54) is 12.1 Å². The lowest BCUT2D eigenvalue weighted by atomic mass is 9.79. The number of benzene rings is 1. The molecule has 0 radical (unpaired) electrons. The molecule has 0 spiro atoms. The Balaban J connectivity index is 3.37. The maximum absolute atomic E-state index is 12.2. The molecule has 0 saturated carbocycles. The normalized spacial score (nSPS) is 13.8. The van der Waals surface area contributed by atoms with Gasteiger partial charge in [-0.15, -0.1) is 0 Å². The van der Waals surface area contributed by atoms with Gasteiger partial charge in [-0.1, -0.05) is 11.8 Å². The number of carbonyl (C=O) groups is 2. The maximum Gasteiger partial charge on any atom is 0.252 e. The molecule has 2 amide bonds. The van der Waals surface area contributed by atoms with Crippen LogP contribution in [0.5, 0.6) is 0 Å². The van der Waals surface area contributed by atoms with Crippen LogP contribution in [-0.2, 0) is 4.79 Å². The van der Waals surface area contributed by atoms with E-state index in [0.717, 1.165) is 0 Å². The van der Waals surface area contributed by atoms with Crippen molar-refractivity contribution in [2.24, 2.45) is 17.4 Å². The van der Waals surface area contributed by atoms with Crippen LogP contribution in [0.4, 0.5) is 0 Å². The number of primary amides is 1. The standard InChI is InChI=1S/C20H25N3O5/c1-12(16(25)11-24)6-4-5-7-13-8-9-14(18(21)26)15(10-13)17(19(27)23-28)20(2,3)22/h8-10,12,16-17,24-25,28H,11,22H2,1-3H3,(H2,21,26)(H,23,27)/t12-,16-,17+/m0/s1. The maximum atomic E-state index is 12.2. The Morgan fingerprint density at radius 2 is 1.93 bits per heavy atom. The van der Waals surface area contributed by atoms with Crippen molar-refractivity contribution in [2.45, 2.75) is 38.3 Å². The molecule has 150 valence electrons. The van der Waals surface area contributed by atoms with Crippen molar-refractivity contribution in [3.8, 4) is 23.7 Å². The number of amides is 2. The number of nitrogens with one attached hydrogen (secondary N) is 1. The predicted molar refractivity (Wildman–Crippen MR) is 103 cm³/mol. The summed E-state index contributed by atoms with van der Waals surface area (Å²) < 4.78 is 0. The van der Waals surface area contributed by atoms with Crippen LogP contribution < -0.4 is 16.9 Å². The van der Waals surface area contributed by atoms with Gasteiger partial charge in [-0.05, 0) is 56.4 Å². The van der Waals surface area contributed by atoms with Gasteiger partial charge in [-0.3, -0.25) is 14.8 Å². The van der Waals surface area contributed by atoms with E-state index in [1.807, 2.05) is 0 Å². The van der Waals surface area contributed by atoms with E-state index >= 15 is 0 Å². The molecule has 0 heterocycles. The molecule has 3 atom stereocenters. The van der Waals surface area contributed by atoms with E-state index in [2.05, 4.69) is 23.7 Å². The Morgan fingerprint density at radius 1 is 1.29 bits per heavy atom. The molecule has 1 aromatic rings. The second-order valence-corrected chi connectivity index (χ2v) is 6.95. The van der Waals surface area contributed by atoms with E-state index < -0.39 is 41.9 Å². The van der Waals surface area contributed by atoms with Crippen molar-refractivity contribution >= 4 is 11.8 Å². The van der Waals surface area contributed by atoms with Crippen LogP contribution in [0.15, 0.2) is 18.2 Å². The van der Waals surface area contributed by atoms with Crippen molar-refractivity contribution in [1.82, 2.24) is 5.48 Å². The van der Waals surface area contributed by atoms with Gasteiger partial charge in [-0.25, -0.2) is 5.48 Å². The quantitative estimate of drug-likeness (QED) is 0.218. The van der Waals surface area contributed by atoms with Gasteiger partial charge in [0, 0.05) is 22.6 Å². The Kier molecular flexibility index (Phi) is 8.17. The Morgan fingerprint density at radius 3 is 2.43 bits per heavy atom. The third kappa shape index (κ3) is 6.08. The lowest BCUT2D eigenvalue weighted by molar-refractivity contribution is -0.132. The Labute approximate surface area is 163 Å². The molecule has 8 nitrogen and oxygen atoms in total. The summed E-state index contributed by atoms with van der Waals surface area (Å²) in [6, 6.07) is 4.47. The third-order valence-electron chi connectivity index (χ3n) is 4.08. The number of nitrogens with two attached hydrogens (primary N) is 2. The first kappa shape index (κ1) is 23.2. The summed E-state index contributed by atoms with van der Waals surface area (Å²) in [5.41, 5.74) is 12.7. The molecule has 8 heteroatoms. The minimum absolute atomic E-state index is 0.0865. The number of carbonyl (C=O) groups excluding carboxylic acids is 2. The minimum atomic E-state index is -1.11. The fourth-order valence-electron chi connectivity index (χ4n) is 2.56. The summed E-state index contributed by atoms with van der Waals surface area (Å²) in [4.78, 5) is 24.0. The van der Waals surface area contributed by atoms with Crippen LogP contribution in [0.1, 0.15) is 48.2 Å². The van der Waals surface area contributed by atoms with E-state index in [4.69, 9.17) is 21.8 Å². The van der Waals surface area contributed by atoms with Gasteiger partial charge in [0.2, 0.25) is 5.91 Å². The summed E-state index contributed by atoms with van der Waals surface area (Å²) >= 11 is 0. The average molecular weight is 387 g/mol. The summed E-state index contributed by atoms with van der Waals surface area (Å²) in [5, 5.41) is 27.4. The van der Waals surface area contributed by atoms with Crippen LogP contribution in [0.2, 0.25) is 0 Å². The number of hydroxylamine groups is 1. The molecule has 0 aliphatic heterocycles. The Bertz CT molecular complexity index is 853. The van der Waals surface area contributed by atoms with E-state index in [9.17, 15) is 14.7 Å². The molecule has 0 aromatic heterocycles. The largest absolute Gasteiger partial charge is 0.394 e. The minimum Gasteiger partial charge on any atom is -0.394 e. The molecule has 0 saturated heterocycles. The highest BCUT2D eigenvalue weighted by molar-refractivity contribution is 5.97. The second kappa shape index (κ2) is 9.88. The van der Waals surface area contributed by atoms with Crippen molar-refractivity contribution in [3.63, 3.8) is 0 Å². The van der Waals surface area contributed by atoms with E-state index in [1.54, 1.807) is 32.3 Å². The van der Waals surface area contributed by atoms with Gasteiger partial charge in [-0.2, -0.15) is 0 Å². The summed E-state index contributed by atoms with van der Waals surface area (Å²) in [5.74, 6) is 7.60. The zero-order valence-electron chi connectivity index (χ0n) is 16.0. The molecule has 0 unspecified atom stereocenters. The van der Waals surface area contributed by atoms with Crippen LogP contribution in [0, 0.1) is 29.6 Å². The van der Waals surface area contributed by atoms with E-state index in [-0.39, 0.29) is 11.1 Å². The molecule has 8 N–H and O–H groups in total. The topological polar surface area (TPSA) is 159 Å². The summed E-state index contributed by atoms with van der Waals surface area (Å²) in [6.07, 6.45) is -0.958. The molecule has 0 fully saturated rings. The van der Waals surface area contributed by atoms with Gasteiger partial charge in [0.25, 0.3) is 5.91 Å². The summed E-state index contributed by atoms with van der Waals surface area (Å²) in [7, 11) is 0. The van der Waals surface area contributed by atoms with Gasteiger partial charge >= 0.3 is 0 Å². The molecule has 0 aliphatic carbocycles. The number of rotatable bonds is 6. The zero-order valence-corrected chi connectivity index (χ0v) is 16.0. The molecule has 1 aromatic carbocycles. The van der Waals surface area contributed by atoms with Crippen LogP contribution >= 0.6 is 0 Å². The van der Waals surface area contributed by atoms with Crippen LogP contribution in [0.3, 0.4) is 0 Å². The Hall–Kier alpha value is -2.88. The number of hydrogen-bond acceptors (Lipinski definition) is 6. The molecule has 1 rings (SSSR count). The van der Waals surface area contributed by atoms with Gasteiger partial charge < -0.3 is 21.7 Å². The summed E-state index contributed by atoms with van der Waals surface area (Å²) in [6.45, 7) is 4.41. The van der Waals surface area contributed by atoms with Crippen molar-refractivity contribution in [1.29, 1.82) is 0 Å². The molecule has 0 bridgehead atoms. The molecule has 28 heavy (non-hydrogen) atoms. The number of aliphatic hydroxyl groups excluding tert-OH is 2. The monoisotopic (exact) mass is 387 g/mol. The van der Waals surface area contributed by atoms with Gasteiger partial charge in [0.05, 0.1) is 18.6 Å². The van der Waals surface area contributed by atoms with Crippen molar-refractivity contribution in [2.75, 3.05) is 6.61 Å². The van der Waals surface area contributed by atoms with Crippen LogP contribution in [0.25, 0.3) is 0 Å². The SMILES string of the molecule is C[C@@H](C#CC#Cc1ccc(C(N)=O)c([C@H](C(=O)NO)C(C)(C)N)c1)[C@@H](O)CO. The zero-order chi connectivity index (χ0) is 21.5. The highest BCUT2D eigenvalue weighted by Gasteiger charge is 2.35. The molecular weight excluding hydrogens is 362 g/mol. The first-order valence-electron chi connectivity index (χ1n) is 8.50. The third-order valence-corrected chi connectivity index (χ3v) is 4.08. The number of aliphatic hydroxyl groups is 2. The lowest BCUT2D eigenvalue weighted by Crippen LogP contribution is -2.47. The fourth-order valence-corrected chi connectivity index (χ4v) is 2.56.